The molecule has 0 saturated carbocycles. The second kappa shape index (κ2) is 5.03. The molecule has 0 aliphatic carbocycles. The third kappa shape index (κ3) is 2.76. The first-order valence-corrected chi connectivity index (χ1v) is 6.68. The zero-order valence-corrected chi connectivity index (χ0v) is 11.0. The normalized spacial score (nSPS) is 41.4. The lowest BCUT2D eigenvalue weighted by Gasteiger charge is -2.41. The van der Waals surface area contributed by atoms with E-state index in [0.717, 1.165) is 13.2 Å². The van der Waals surface area contributed by atoms with Gasteiger partial charge in [-0.25, -0.2) is 0 Å². The van der Waals surface area contributed by atoms with Gasteiger partial charge in [-0.3, -0.25) is 4.90 Å². The highest BCUT2D eigenvalue weighted by Gasteiger charge is 2.35. The van der Waals surface area contributed by atoms with Crippen LogP contribution in [-0.2, 0) is 4.74 Å². The fraction of sp³-hybridized carbons (Fsp3) is 1.00. The molecule has 0 amide bonds. The maximum atomic E-state index is 5.89. The molecule has 2 aliphatic rings. The lowest BCUT2D eigenvalue weighted by Crippen LogP contribution is -2.51. The summed E-state index contributed by atoms with van der Waals surface area (Å²) in [5.41, 5.74) is 0.126. The first-order valence-electron chi connectivity index (χ1n) is 6.68. The maximum Gasteiger partial charge on any atom is 0.0781 e. The van der Waals surface area contributed by atoms with Crippen LogP contribution < -0.4 is 5.32 Å². The first kappa shape index (κ1) is 12.3. The number of ether oxygens (including phenoxy) is 1. The Labute approximate surface area is 99.5 Å². The molecule has 2 heterocycles. The summed E-state index contributed by atoms with van der Waals surface area (Å²) >= 11 is 0. The topological polar surface area (TPSA) is 24.5 Å². The fourth-order valence-electron chi connectivity index (χ4n) is 3.11. The number of rotatable bonds is 3. The van der Waals surface area contributed by atoms with Crippen molar-refractivity contribution in [2.24, 2.45) is 0 Å². The van der Waals surface area contributed by atoms with E-state index in [1.807, 2.05) is 0 Å². The number of hydrogen-bond acceptors (Lipinski definition) is 3. The van der Waals surface area contributed by atoms with E-state index < -0.39 is 0 Å². The third-order valence-corrected chi connectivity index (χ3v) is 4.26. The van der Waals surface area contributed by atoms with Crippen molar-refractivity contribution in [1.82, 2.24) is 10.2 Å². The van der Waals surface area contributed by atoms with Gasteiger partial charge in [0, 0.05) is 31.8 Å². The summed E-state index contributed by atoms with van der Waals surface area (Å²) in [5, 5.41) is 3.40. The van der Waals surface area contributed by atoms with E-state index in [-0.39, 0.29) is 5.60 Å². The second-order valence-corrected chi connectivity index (χ2v) is 5.73. The Morgan fingerprint density at radius 3 is 2.88 bits per heavy atom. The Morgan fingerprint density at radius 1 is 1.50 bits per heavy atom. The molecule has 3 nitrogen and oxygen atoms in total. The van der Waals surface area contributed by atoms with Gasteiger partial charge >= 0.3 is 0 Å². The third-order valence-electron chi connectivity index (χ3n) is 4.26. The summed E-state index contributed by atoms with van der Waals surface area (Å²) in [6.45, 7) is 7.91. The van der Waals surface area contributed by atoms with Crippen LogP contribution in [0.5, 0.6) is 0 Å². The van der Waals surface area contributed by atoms with E-state index in [0.29, 0.717) is 12.1 Å². The lowest BCUT2D eigenvalue weighted by molar-refractivity contribution is -0.0256. The van der Waals surface area contributed by atoms with Gasteiger partial charge in [0.05, 0.1) is 5.60 Å². The summed E-state index contributed by atoms with van der Waals surface area (Å²) < 4.78 is 5.89. The molecule has 2 rings (SSSR count). The van der Waals surface area contributed by atoms with Crippen molar-refractivity contribution in [2.75, 3.05) is 26.7 Å². The predicted octanol–water partition coefficient (Wildman–Crippen LogP) is 1.63. The molecule has 1 N–H and O–H groups in total. The Kier molecular flexibility index (Phi) is 3.88. The molecule has 0 bridgehead atoms. The van der Waals surface area contributed by atoms with Crippen molar-refractivity contribution in [3.63, 3.8) is 0 Å². The summed E-state index contributed by atoms with van der Waals surface area (Å²) in [4.78, 5) is 2.61. The van der Waals surface area contributed by atoms with Crippen LogP contribution in [-0.4, -0.2) is 49.3 Å². The Balaban J connectivity index is 1.86. The van der Waals surface area contributed by atoms with E-state index in [2.05, 4.69) is 31.1 Å². The molecule has 16 heavy (non-hydrogen) atoms. The predicted molar refractivity (Wildman–Crippen MR) is 66.7 cm³/mol. The molecule has 0 aromatic heterocycles. The highest BCUT2D eigenvalue weighted by atomic mass is 16.5. The summed E-state index contributed by atoms with van der Waals surface area (Å²) in [5.74, 6) is 0. The molecule has 94 valence electrons. The molecular weight excluding hydrogens is 200 g/mol. The van der Waals surface area contributed by atoms with Gasteiger partial charge in [0.15, 0.2) is 0 Å². The van der Waals surface area contributed by atoms with E-state index in [9.17, 15) is 0 Å². The zero-order valence-electron chi connectivity index (χ0n) is 11.0. The van der Waals surface area contributed by atoms with E-state index >= 15 is 0 Å². The molecule has 2 fully saturated rings. The van der Waals surface area contributed by atoms with Crippen molar-refractivity contribution in [2.45, 2.75) is 57.2 Å². The number of nitrogens with zero attached hydrogens (tertiary/aromatic N) is 1. The van der Waals surface area contributed by atoms with Crippen LogP contribution in [0.4, 0.5) is 0 Å². The van der Waals surface area contributed by atoms with Crippen molar-refractivity contribution in [1.29, 1.82) is 0 Å². The lowest BCUT2D eigenvalue weighted by atomic mass is 9.95. The van der Waals surface area contributed by atoms with Crippen molar-refractivity contribution in [3.8, 4) is 0 Å². The van der Waals surface area contributed by atoms with Gasteiger partial charge in [0.25, 0.3) is 0 Å². The van der Waals surface area contributed by atoms with Crippen LogP contribution >= 0.6 is 0 Å². The summed E-state index contributed by atoms with van der Waals surface area (Å²) in [7, 11) is 2.08. The number of likely N-dealkylation sites (tertiary alicyclic amines) is 1. The monoisotopic (exact) mass is 226 g/mol. The van der Waals surface area contributed by atoms with Crippen LogP contribution in [0.3, 0.4) is 0 Å². The highest BCUT2D eigenvalue weighted by Crippen LogP contribution is 2.28. The maximum absolute atomic E-state index is 5.89. The standard InChI is InChI=1S/C13H26N2O/c1-11-9-12(14-3)5-7-15(11)10-13(2)6-4-8-16-13/h11-12,14H,4-10H2,1-3H3. The number of piperidine rings is 1. The van der Waals surface area contributed by atoms with E-state index in [1.54, 1.807) is 0 Å². The second-order valence-electron chi connectivity index (χ2n) is 5.73. The minimum Gasteiger partial charge on any atom is -0.374 e. The molecule has 0 radical (unpaired) electrons. The minimum absolute atomic E-state index is 0.126. The Hall–Kier alpha value is -0.120. The van der Waals surface area contributed by atoms with Crippen molar-refractivity contribution in [3.05, 3.63) is 0 Å². The largest absolute Gasteiger partial charge is 0.374 e. The quantitative estimate of drug-likeness (QED) is 0.791. The van der Waals surface area contributed by atoms with Gasteiger partial charge < -0.3 is 10.1 Å². The molecule has 0 aromatic rings. The Bertz CT molecular complexity index is 226. The van der Waals surface area contributed by atoms with E-state index in [4.69, 9.17) is 4.74 Å². The molecule has 0 spiro atoms. The molecule has 3 atom stereocenters. The highest BCUT2D eigenvalue weighted by molar-refractivity contribution is 4.89. The van der Waals surface area contributed by atoms with Crippen LogP contribution in [0.2, 0.25) is 0 Å². The van der Waals surface area contributed by atoms with Crippen molar-refractivity contribution < 1.29 is 4.74 Å². The molecule has 2 saturated heterocycles. The van der Waals surface area contributed by atoms with Crippen molar-refractivity contribution >= 4 is 0 Å². The minimum atomic E-state index is 0.126. The van der Waals surface area contributed by atoms with Crippen LogP contribution in [0, 0.1) is 0 Å². The van der Waals surface area contributed by atoms with Crippen LogP contribution in [0.1, 0.15) is 39.5 Å². The molecule has 2 aliphatic heterocycles. The van der Waals surface area contributed by atoms with Crippen LogP contribution in [0.15, 0.2) is 0 Å². The average molecular weight is 226 g/mol. The van der Waals surface area contributed by atoms with E-state index in [1.165, 1.54) is 32.2 Å². The molecular formula is C13H26N2O. The van der Waals surface area contributed by atoms with Gasteiger partial charge in [-0.05, 0) is 46.6 Å². The molecule has 3 unspecified atom stereocenters. The fourth-order valence-corrected chi connectivity index (χ4v) is 3.11. The average Bonchev–Trinajstić information content (AvgIpc) is 2.68. The first-order chi connectivity index (χ1) is 7.63. The van der Waals surface area contributed by atoms with Gasteiger partial charge in [-0.2, -0.15) is 0 Å². The molecule has 0 aromatic carbocycles. The SMILES string of the molecule is CNC1CCN(CC2(C)CCCO2)C(C)C1. The summed E-state index contributed by atoms with van der Waals surface area (Å²) in [6, 6.07) is 1.40. The van der Waals surface area contributed by atoms with Gasteiger partial charge in [-0.1, -0.05) is 0 Å². The van der Waals surface area contributed by atoms with Gasteiger partial charge in [-0.15, -0.1) is 0 Å². The Morgan fingerprint density at radius 2 is 2.31 bits per heavy atom. The van der Waals surface area contributed by atoms with Gasteiger partial charge in [0.1, 0.15) is 0 Å². The van der Waals surface area contributed by atoms with Gasteiger partial charge in [0.2, 0.25) is 0 Å². The smallest absolute Gasteiger partial charge is 0.0781 e. The zero-order chi connectivity index (χ0) is 11.6. The summed E-state index contributed by atoms with van der Waals surface area (Å²) in [6.07, 6.45) is 5.01. The van der Waals surface area contributed by atoms with Crippen LogP contribution in [0.25, 0.3) is 0 Å². The molecule has 3 heteroatoms. The number of nitrogens with one attached hydrogen (secondary N) is 1. The number of hydrogen-bond donors (Lipinski definition) is 1.